The molecule has 1 aromatic carbocycles. The second kappa shape index (κ2) is 6.24. The third kappa shape index (κ3) is 3.83. The Bertz CT molecular complexity index is 685. The summed E-state index contributed by atoms with van der Waals surface area (Å²) in [4.78, 5) is 0.221. The molecule has 0 fully saturated rings. The maximum Gasteiger partial charge on any atom is 0.179 e. The highest BCUT2D eigenvalue weighted by atomic mass is 32.2. The van der Waals surface area contributed by atoms with E-state index >= 15 is 0 Å². The van der Waals surface area contributed by atoms with E-state index in [2.05, 4.69) is 0 Å². The Morgan fingerprint density at radius 2 is 2.11 bits per heavy atom. The monoisotopic (exact) mass is 309 g/mol. The van der Waals surface area contributed by atoms with Crippen molar-refractivity contribution in [3.05, 3.63) is 47.3 Å². The zero-order valence-electron chi connectivity index (χ0n) is 9.94. The summed E-state index contributed by atoms with van der Waals surface area (Å²) >= 11 is 3.13. The fourth-order valence-electron chi connectivity index (χ4n) is 1.47. The Kier molecular flexibility index (Phi) is 4.64. The Balaban J connectivity index is 2.03. The van der Waals surface area contributed by atoms with Crippen molar-refractivity contribution in [2.24, 2.45) is 0 Å². The zero-order valence-corrected chi connectivity index (χ0v) is 12.4. The van der Waals surface area contributed by atoms with Crippen molar-refractivity contribution in [1.29, 1.82) is 5.26 Å². The highest BCUT2D eigenvalue weighted by Crippen LogP contribution is 2.24. The maximum atomic E-state index is 12.1. The molecule has 0 saturated heterocycles. The lowest BCUT2D eigenvalue weighted by atomic mass is 10.2. The summed E-state index contributed by atoms with van der Waals surface area (Å²) < 4.78 is 25.3. The maximum absolute atomic E-state index is 12.1. The van der Waals surface area contributed by atoms with E-state index in [0.717, 1.165) is 4.21 Å². The molecule has 2 rings (SSSR count). The molecule has 0 radical (unpaired) electrons. The molecule has 98 valence electrons. The molecule has 0 amide bonds. The standard InChI is InChI=1S/C13H11NO2S3/c14-10-11-3-1-4-12(9-11)19(15,16)8-7-18-13-5-2-6-17-13/h1-6,9H,7-8H2. The number of nitriles is 1. The van der Waals surface area contributed by atoms with E-state index in [0.29, 0.717) is 11.3 Å². The summed E-state index contributed by atoms with van der Waals surface area (Å²) in [7, 11) is -3.31. The second-order valence-corrected chi connectivity index (χ2v) is 8.19. The minimum absolute atomic E-state index is 0.0739. The van der Waals surface area contributed by atoms with Crippen LogP contribution in [0.4, 0.5) is 0 Å². The van der Waals surface area contributed by atoms with Gasteiger partial charge in [0.25, 0.3) is 0 Å². The topological polar surface area (TPSA) is 57.9 Å². The van der Waals surface area contributed by atoms with E-state index in [4.69, 9.17) is 5.26 Å². The molecule has 19 heavy (non-hydrogen) atoms. The van der Waals surface area contributed by atoms with Crippen molar-refractivity contribution in [3.63, 3.8) is 0 Å². The van der Waals surface area contributed by atoms with Crippen LogP contribution in [0.15, 0.2) is 50.9 Å². The van der Waals surface area contributed by atoms with Gasteiger partial charge in [-0.1, -0.05) is 12.1 Å². The van der Waals surface area contributed by atoms with Gasteiger partial charge in [-0.05, 0) is 29.6 Å². The van der Waals surface area contributed by atoms with Crippen LogP contribution >= 0.6 is 23.1 Å². The van der Waals surface area contributed by atoms with Crippen LogP contribution in [0.25, 0.3) is 0 Å². The van der Waals surface area contributed by atoms with Crippen molar-refractivity contribution < 1.29 is 8.42 Å². The molecule has 0 saturated carbocycles. The van der Waals surface area contributed by atoms with Crippen LogP contribution in [0.1, 0.15) is 5.56 Å². The average molecular weight is 309 g/mol. The summed E-state index contributed by atoms with van der Waals surface area (Å²) in [5, 5.41) is 10.7. The van der Waals surface area contributed by atoms with Crippen LogP contribution in [-0.2, 0) is 9.84 Å². The Morgan fingerprint density at radius 3 is 2.79 bits per heavy atom. The molecule has 0 bridgehead atoms. The first-order chi connectivity index (χ1) is 9.12. The molecule has 0 unspecified atom stereocenters. The highest BCUT2D eigenvalue weighted by molar-refractivity contribution is 8.02. The summed E-state index contributed by atoms with van der Waals surface area (Å²) in [6.07, 6.45) is 0. The first kappa shape index (κ1) is 14.1. The molecule has 0 aliphatic rings. The number of thioether (sulfide) groups is 1. The summed E-state index contributed by atoms with van der Waals surface area (Å²) in [5.41, 5.74) is 0.368. The molecule has 0 aliphatic carbocycles. The highest BCUT2D eigenvalue weighted by Gasteiger charge is 2.14. The van der Waals surface area contributed by atoms with Crippen LogP contribution in [0, 0.1) is 11.3 Å². The lowest BCUT2D eigenvalue weighted by molar-refractivity contribution is 0.597. The summed E-state index contributed by atoms with van der Waals surface area (Å²) in [5.74, 6) is 0.587. The van der Waals surface area contributed by atoms with Crippen molar-refractivity contribution >= 4 is 32.9 Å². The predicted molar refractivity (Wildman–Crippen MR) is 78.3 cm³/mol. The first-order valence-electron chi connectivity index (χ1n) is 5.51. The molecule has 0 N–H and O–H groups in total. The number of nitrogens with zero attached hydrogens (tertiary/aromatic N) is 1. The number of rotatable bonds is 5. The number of sulfone groups is 1. The van der Waals surface area contributed by atoms with Gasteiger partial charge in [-0.25, -0.2) is 8.42 Å². The minimum atomic E-state index is -3.31. The third-order valence-electron chi connectivity index (χ3n) is 2.41. The molecule has 0 spiro atoms. The van der Waals surface area contributed by atoms with Crippen LogP contribution < -0.4 is 0 Å². The molecule has 1 heterocycles. The molecule has 0 aliphatic heterocycles. The van der Waals surface area contributed by atoms with E-state index in [1.807, 2.05) is 23.6 Å². The van der Waals surface area contributed by atoms with Gasteiger partial charge in [0.15, 0.2) is 9.84 Å². The average Bonchev–Trinajstić information content (AvgIpc) is 2.92. The van der Waals surface area contributed by atoms with Crippen molar-refractivity contribution in [1.82, 2.24) is 0 Å². The molecule has 6 heteroatoms. The second-order valence-electron chi connectivity index (χ2n) is 3.74. The van der Waals surface area contributed by atoms with Crippen LogP contribution in [0.5, 0.6) is 0 Å². The van der Waals surface area contributed by atoms with Crippen LogP contribution in [-0.4, -0.2) is 19.9 Å². The molecule has 2 aromatic rings. The largest absolute Gasteiger partial charge is 0.224 e. The summed E-state index contributed by atoms with van der Waals surface area (Å²) in [6, 6.07) is 12.0. The van der Waals surface area contributed by atoms with Crippen molar-refractivity contribution in [2.75, 3.05) is 11.5 Å². The lowest BCUT2D eigenvalue weighted by Gasteiger charge is -2.04. The number of hydrogen-bond acceptors (Lipinski definition) is 5. The SMILES string of the molecule is N#Cc1cccc(S(=O)(=O)CCSc2cccs2)c1. The van der Waals surface area contributed by atoms with E-state index in [-0.39, 0.29) is 10.6 Å². The lowest BCUT2D eigenvalue weighted by Crippen LogP contribution is -2.08. The normalized spacial score (nSPS) is 11.1. The third-order valence-corrected chi connectivity index (χ3v) is 6.52. The number of benzene rings is 1. The molecular formula is C13H11NO2S3. The van der Waals surface area contributed by atoms with Gasteiger partial charge in [0.2, 0.25) is 0 Å². The fraction of sp³-hybridized carbons (Fsp3) is 0.154. The van der Waals surface area contributed by atoms with Gasteiger partial charge >= 0.3 is 0 Å². The van der Waals surface area contributed by atoms with E-state index < -0.39 is 9.84 Å². The van der Waals surface area contributed by atoms with Gasteiger partial charge in [-0.15, -0.1) is 23.1 Å². The summed E-state index contributed by atoms with van der Waals surface area (Å²) in [6.45, 7) is 0. The Morgan fingerprint density at radius 1 is 1.26 bits per heavy atom. The predicted octanol–water partition coefficient (Wildman–Crippen LogP) is 3.19. The van der Waals surface area contributed by atoms with E-state index in [1.165, 1.54) is 23.9 Å². The van der Waals surface area contributed by atoms with Gasteiger partial charge in [0.1, 0.15) is 0 Å². The Labute approximate surface area is 120 Å². The fourth-order valence-corrected chi connectivity index (χ4v) is 5.03. The van der Waals surface area contributed by atoms with E-state index in [9.17, 15) is 8.42 Å². The van der Waals surface area contributed by atoms with Gasteiger partial charge in [-0.3, -0.25) is 0 Å². The van der Waals surface area contributed by atoms with Gasteiger partial charge in [0.05, 0.1) is 26.5 Å². The minimum Gasteiger partial charge on any atom is -0.224 e. The van der Waals surface area contributed by atoms with Crippen molar-refractivity contribution in [2.45, 2.75) is 9.10 Å². The molecule has 0 atom stereocenters. The molecule has 1 aromatic heterocycles. The smallest absolute Gasteiger partial charge is 0.179 e. The van der Waals surface area contributed by atoms with E-state index in [1.54, 1.807) is 23.5 Å². The number of hydrogen-bond donors (Lipinski definition) is 0. The first-order valence-corrected chi connectivity index (χ1v) is 9.03. The van der Waals surface area contributed by atoms with Crippen molar-refractivity contribution in [3.8, 4) is 6.07 Å². The van der Waals surface area contributed by atoms with Gasteiger partial charge in [0, 0.05) is 5.75 Å². The Hall–Kier alpha value is -1.29. The quantitative estimate of drug-likeness (QED) is 0.796. The molecule has 3 nitrogen and oxygen atoms in total. The number of thiophene rings is 1. The van der Waals surface area contributed by atoms with Gasteiger partial charge < -0.3 is 0 Å². The van der Waals surface area contributed by atoms with Crippen LogP contribution in [0.3, 0.4) is 0 Å². The van der Waals surface area contributed by atoms with Crippen LogP contribution in [0.2, 0.25) is 0 Å². The molecular weight excluding hydrogens is 298 g/mol. The van der Waals surface area contributed by atoms with Gasteiger partial charge in [-0.2, -0.15) is 5.26 Å². The zero-order chi connectivity index (χ0) is 13.7.